The number of nitriles is 1. The molecule has 0 radical (unpaired) electrons. The molecule has 0 amide bonds. The van der Waals surface area contributed by atoms with Crippen LogP contribution in [0.1, 0.15) is 11.1 Å². The van der Waals surface area contributed by atoms with Crippen molar-refractivity contribution in [3.63, 3.8) is 0 Å². The van der Waals surface area contributed by atoms with E-state index in [0.29, 0.717) is 17.2 Å². The first-order valence-corrected chi connectivity index (χ1v) is 5.79. The highest BCUT2D eigenvalue weighted by atomic mass is 79.9. The molecule has 1 heterocycles. The van der Waals surface area contributed by atoms with Crippen LogP contribution in [0.5, 0.6) is 11.6 Å². The molecule has 0 aliphatic heterocycles. The maximum absolute atomic E-state index is 8.84. The Bertz CT molecular complexity index is 590. The van der Waals surface area contributed by atoms with E-state index in [1.807, 2.05) is 25.1 Å². The summed E-state index contributed by atoms with van der Waals surface area (Å²) in [5.41, 5.74) is 1.53. The first-order valence-electron chi connectivity index (χ1n) is 5.00. The van der Waals surface area contributed by atoms with E-state index in [-0.39, 0.29) is 0 Å². The number of pyridine rings is 1. The summed E-state index contributed by atoms with van der Waals surface area (Å²) in [6.07, 6.45) is 1.66. The van der Waals surface area contributed by atoms with E-state index in [4.69, 9.17) is 10.00 Å². The highest BCUT2D eigenvalue weighted by Gasteiger charge is 2.06. The van der Waals surface area contributed by atoms with Crippen LogP contribution in [0.25, 0.3) is 0 Å². The van der Waals surface area contributed by atoms with Crippen LogP contribution in [-0.4, -0.2) is 4.98 Å². The van der Waals surface area contributed by atoms with Crippen LogP contribution in [-0.2, 0) is 0 Å². The molecule has 1 aromatic heterocycles. The monoisotopic (exact) mass is 288 g/mol. The smallest absolute Gasteiger partial charge is 0.233 e. The Hall–Kier alpha value is -1.86. The second-order valence-electron chi connectivity index (χ2n) is 3.48. The van der Waals surface area contributed by atoms with Crippen LogP contribution < -0.4 is 4.74 Å². The van der Waals surface area contributed by atoms with Crippen LogP contribution in [0.2, 0.25) is 0 Å². The third-order valence-corrected chi connectivity index (χ3v) is 2.85. The van der Waals surface area contributed by atoms with Gasteiger partial charge in [0.25, 0.3) is 0 Å². The zero-order chi connectivity index (χ0) is 12.3. The number of benzene rings is 1. The molecule has 3 nitrogen and oxygen atoms in total. The Morgan fingerprint density at radius 1 is 1.35 bits per heavy atom. The summed E-state index contributed by atoms with van der Waals surface area (Å²) in [5, 5.41) is 8.84. The third kappa shape index (κ3) is 2.63. The molecule has 0 saturated carbocycles. The number of hydrogen-bond acceptors (Lipinski definition) is 3. The molecule has 4 heteroatoms. The number of rotatable bonds is 2. The summed E-state index contributed by atoms with van der Waals surface area (Å²) in [4.78, 5) is 4.12. The Balaban J connectivity index is 2.37. The minimum atomic E-state index is 0.491. The molecule has 2 aromatic rings. The molecule has 0 fully saturated rings. The fraction of sp³-hybridized carbons (Fsp3) is 0.0769. The predicted molar refractivity (Wildman–Crippen MR) is 67.9 cm³/mol. The number of ether oxygens (including phenoxy) is 1. The maximum atomic E-state index is 8.84. The fourth-order valence-corrected chi connectivity index (χ4v) is 1.67. The van der Waals surface area contributed by atoms with Crippen molar-refractivity contribution in [3.8, 4) is 17.7 Å². The number of aromatic nitrogens is 1. The molecular weight excluding hydrogens is 280 g/mol. The lowest BCUT2D eigenvalue weighted by molar-refractivity contribution is 0.456. The molecule has 0 unspecified atom stereocenters. The Labute approximate surface area is 108 Å². The van der Waals surface area contributed by atoms with Gasteiger partial charge in [0.2, 0.25) is 5.88 Å². The molecule has 0 atom stereocenters. The molecule has 0 aliphatic carbocycles. The molecule has 84 valence electrons. The van der Waals surface area contributed by atoms with Crippen molar-refractivity contribution in [2.24, 2.45) is 0 Å². The van der Waals surface area contributed by atoms with E-state index in [1.54, 1.807) is 18.3 Å². The quantitative estimate of drug-likeness (QED) is 0.844. The van der Waals surface area contributed by atoms with E-state index in [2.05, 4.69) is 27.0 Å². The summed E-state index contributed by atoms with van der Waals surface area (Å²) in [6.45, 7) is 1.92. The van der Waals surface area contributed by atoms with Crippen molar-refractivity contribution in [1.82, 2.24) is 4.98 Å². The average Bonchev–Trinajstić information content (AvgIpc) is 2.35. The zero-order valence-electron chi connectivity index (χ0n) is 9.14. The van der Waals surface area contributed by atoms with Crippen molar-refractivity contribution in [2.45, 2.75) is 6.92 Å². The van der Waals surface area contributed by atoms with Crippen LogP contribution >= 0.6 is 15.9 Å². The molecule has 1 aromatic carbocycles. The first kappa shape index (κ1) is 11.6. The number of hydrogen-bond donors (Lipinski definition) is 0. The first-order chi connectivity index (χ1) is 8.20. The zero-order valence-corrected chi connectivity index (χ0v) is 10.7. The van der Waals surface area contributed by atoms with Crippen molar-refractivity contribution < 1.29 is 4.74 Å². The van der Waals surface area contributed by atoms with E-state index < -0.39 is 0 Å². The average molecular weight is 289 g/mol. The van der Waals surface area contributed by atoms with Gasteiger partial charge in [-0.2, -0.15) is 5.26 Å². The lowest BCUT2D eigenvalue weighted by atomic mass is 10.1. The van der Waals surface area contributed by atoms with Gasteiger partial charge in [-0.25, -0.2) is 4.98 Å². The highest BCUT2D eigenvalue weighted by molar-refractivity contribution is 9.10. The topological polar surface area (TPSA) is 45.9 Å². The molecule has 0 N–H and O–H groups in total. The van der Waals surface area contributed by atoms with Gasteiger partial charge < -0.3 is 4.74 Å². The summed E-state index contributed by atoms with van der Waals surface area (Å²) in [7, 11) is 0. The van der Waals surface area contributed by atoms with Gasteiger partial charge in [0, 0.05) is 6.20 Å². The third-order valence-electron chi connectivity index (χ3n) is 2.25. The van der Waals surface area contributed by atoms with Gasteiger partial charge in [-0.15, -0.1) is 0 Å². The van der Waals surface area contributed by atoms with Crippen molar-refractivity contribution in [2.75, 3.05) is 0 Å². The highest BCUT2D eigenvalue weighted by Crippen LogP contribution is 2.29. The summed E-state index contributed by atoms with van der Waals surface area (Å²) >= 11 is 3.36. The molecule has 0 bridgehead atoms. The fourth-order valence-electron chi connectivity index (χ4n) is 1.33. The van der Waals surface area contributed by atoms with Gasteiger partial charge in [-0.05, 0) is 52.7 Å². The normalized spacial score (nSPS) is 9.71. The minimum Gasteiger partial charge on any atom is -0.438 e. The van der Waals surface area contributed by atoms with Crippen LogP contribution in [0.4, 0.5) is 0 Å². The second-order valence-corrected chi connectivity index (χ2v) is 4.34. The summed E-state index contributed by atoms with van der Waals surface area (Å²) in [6, 6.07) is 11.1. The van der Waals surface area contributed by atoms with Crippen LogP contribution in [0, 0.1) is 18.3 Å². The number of halogens is 1. The van der Waals surface area contributed by atoms with Crippen molar-refractivity contribution in [1.29, 1.82) is 5.26 Å². The lowest BCUT2D eigenvalue weighted by Gasteiger charge is -2.08. The SMILES string of the molecule is Cc1ccc(C#N)cc1Oc1ncccc1Br. The van der Waals surface area contributed by atoms with E-state index >= 15 is 0 Å². The lowest BCUT2D eigenvalue weighted by Crippen LogP contribution is -1.91. The summed E-state index contributed by atoms with van der Waals surface area (Å²) in [5.74, 6) is 1.13. The van der Waals surface area contributed by atoms with Gasteiger partial charge in [0.05, 0.1) is 16.1 Å². The maximum Gasteiger partial charge on any atom is 0.233 e. The van der Waals surface area contributed by atoms with E-state index in [9.17, 15) is 0 Å². The van der Waals surface area contributed by atoms with Crippen LogP contribution in [0.3, 0.4) is 0 Å². The Morgan fingerprint density at radius 3 is 2.88 bits per heavy atom. The number of nitrogens with zero attached hydrogens (tertiary/aromatic N) is 2. The predicted octanol–water partition coefficient (Wildman–Crippen LogP) is 3.82. The summed E-state index contributed by atoms with van der Waals surface area (Å²) < 4.78 is 6.45. The van der Waals surface area contributed by atoms with Crippen LogP contribution in [0.15, 0.2) is 41.0 Å². The molecule has 2 rings (SSSR count). The van der Waals surface area contributed by atoms with Gasteiger partial charge >= 0.3 is 0 Å². The second kappa shape index (κ2) is 4.98. The Kier molecular flexibility index (Phi) is 3.40. The Morgan fingerprint density at radius 2 is 2.18 bits per heavy atom. The number of aryl methyl sites for hydroxylation is 1. The standard InChI is InChI=1S/C13H9BrN2O/c1-9-4-5-10(8-15)7-12(9)17-13-11(14)3-2-6-16-13/h2-7H,1H3. The van der Waals surface area contributed by atoms with Gasteiger partial charge in [0.1, 0.15) is 5.75 Å². The van der Waals surface area contributed by atoms with E-state index in [0.717, 1.165) is 10.0 Å². The molecular formula is C13H9BrN2O. The van der Waals surface area contributed by atoms with Gasteiger partial charge in [0.15, 0.2) is 0 Å². The molecule has 0 spiro atoms. The van der Waals surface area contributed by atoms with Gasteiger partial charge in [-0.1, -0.05) is 6.07 Å². The minimum absolute atomic E-state index is 0.491. The van der Waals surface area contributed by atoms with E-state index in [1.165, 1.54) is 0 Å². The van der Waals surface area contributed by atoms with Crippen molar-refractivity contribution in [3.05, 3.63) is 52.1 Å². The molecule has 0 saturated heterocycles. The van der Waals surface area contributed by atoms with Gasteiger partial charge in [-0.3, -0.25) is 0 Å². The molecule has 17 heavy (non-hydrogen) atoms. The van der Waals surface area contributed by atoms with Crippen molar-refractivity contribution >= 4 is 15.9 Å². The molecule has 0 aliphatic rings. The largest absolute Gasteiger partial charge is 0.438 e.